The third-order valence-electron chi connectivity index (χ3n) is 3.09. The zero-order valence-electron chi connectivity index (χ0n) is 10.7. The van der Waals surface area contributed by atoms with Gasteiger partial charge in [-0.2, -0.15) is 0 Å². The third kappa shape index (κ3) is 6.29. The quantitative estimate of drug-likeness (QED) is 0.460. The molecule has 1 N–H and O–H groups in total. The minimum absolute atomic E-state index is 0.0247. The fraction of sp³-hybridized carbons (Fsp3) is 0.714. The summed E-state index contributed by atoms with van der Waals surface area (Å²) in [5, 5.41) is 2.98. The van der Waals surface area contributed by atoms with Gasteiger partial charge in [-0.15, -0.1) is 6.42 Å². The van der Waals surface area contributed by atoms with Crippen molar-refractivity contribution < 1.29 is 14.3 Å². The largest absolute Gasteiger partial charge is 0.452 e. The van der Waals surface area contributed by atoms with Crippen LogP contribution in [0.4, 0.5) is 0 Å². The maximum absolute atomic E-state index is 11.6. The third-order valence-corrected chi connectivity index (χ3v) is 3.09. The minimum atomic E-state index is -0.413. The average Bonchev–Trinajstić information content (AvgIpc) is 2.62. The molecule has 0 atom stereocenters. The highest BCUT2D eigenvalue weighted by molar-refractivity contribution is 5.81. The van der Waals surface area contributed by atoms with Crippen molar-refractivity contribution >= 4 is 11.9 Å². The number of hydrogen-bond donors (Lipinski definition) is 1. The zero-order chi connectivity index (χ0) is 13.2. The lowest BCUT2D eigenvalue weighted by molar-refractivity contribution is -0.143. The molecule has 0 bridgehead atoms. The molecule has 1 aliphatic rings. The van der Waals surface area contributed by atoms with E-state index in [4.69, 9.17) is 11.2 Å². The summed E-state index contributed by atoms with van der Waals surface area (Å²) in [6.45, 7) is -0.0247. The van der Waals surface area contributed by atoms with Crippen molar-refractivity contribution in [2.75, 3.05) is 6.61 Å². The van der Waals surface area contributed by atoms with Gasteiger partial charge in [0.05, 0.1) is 6.42 Å². The molecule has 1 aliphatic carbocycles. The van der Waals surface area contributed by atoms with Crippen LogP contribution in [0.15, 0.2) is 0 Å². The van der Waals surface area contributed by atoms with Crippen LogP contribution >= 0.6 is 0 Å². The molecular weight excluding hydrogens is 230 g/mol. The number of rotatable bonds is 5. The van der Waals surface area contributed by atoms with E-state index in [2.05, 4.69) is 11.2 Å². The van der Waals surface area contributed by atoms with Gasteiger partial charge in [-0.3, -0.25) is 9.59 Å². The summed E-state index contributed by atoms with van der Waals surface area (Å²) in [5.41, 5.74) is 0. The highest BCUT2D eigenvalue weighted by Gasteiger charge is 2.15. The lowest BCUT2D eigenvalue weighted by Gasteiger charge is -2.15. The molecule has 1 fully saturated rings. The van der Waals surface area contributed by atoms with E-state index in [1.54, 1.807) is 0 Å². The first kappa shape index (κ1) is 14.6. The second-order valence-corrected chi connectivity index (χ2v) is 4.62. The van der Waals surface area contributed by atoms with Gasteiger partial charge >= 0.3 is 5.97 Å². The van der Waals surface area contributed by atoms with Gasteiger partial charge < -0.3 is 10.1 Å². The molecule has 0 aromatic carbocycles. The second kappa shape index (κ2) is 8.57. The van der Waals surface area contributed by atoms with E-state index in [9.17, 15) is 9.59 Å². The van der Waals surface area contributed by atoms with E-state index in [-0.39, 0.29) is 31.4 Å². The highest BCUT2D eigenvalue weighted by Crippen LogP contribution is 2.17. The molecular formula is C14H21NO3. The minimum Gasteiger partial charge on any atom is -0.452 e. The van der Waals surface area contributed by atoms with Crippen LogP contribution in [0.5, 0.6) is 0 Å². The SMILES string of the molecule is C#CCOC(=O)CCC(=O)NC1CCCCCC1. The molecule has 0 heterocycles. The van der Waals surface area contributed by atoms with Crippen molar-refractivity contribution in [1.29, 1.82) is 0 Å². The number of carbonyl (C=O) groups excluding carboxylic acids is 2. The molecule has 1 saturated carbocycles. The molecule has 0 unspecified atom stereocenters. The Morgan fingerprint density at radius 3 is 2.44 bits per heavy atom. The molecule has 4 nitrogen and oxygen atoms in total. The Balaban J connectivity index is 2.16. The summed E-state index contributed by atoms with van der Waals surface area (Å²) in [5.74, 6) is 1.73. The van der Waals surface area contributed by atoms with Gasteiger partial charge in [-0.05, 0) is 12.8 Å². The Bertz CT molecular complexity index is 311. The van der Waals surface area contributed by atoms with Crippen molar-refractivity contribution in [3.63, 3.8) is 0 Å². The van der Waals surface area contributed by atoms with Gasteiger partial charge in [0.1, 0.15) is 0 Å². The predicted octanol–water partition coefficient (Wildman–Crippen LogP) is 1.78. The number of esters is 1. The van der Waals surface area contributed by atoms with E-state index >= 15 is 0 Å². The molecule has 0 aromatic rings. The number of ether oxygens (including phenoxy) is 1. The summed E-state index contributed by atoms with van der Waals surface area (Å²) in [7, 11) is 0. The van der Waals surface area contributed by atoms with Crippen LogP contribution in [0, 0.1) is 12.3 Å². The second-order valence-electron chi connectivity index (χ2n) is 4.62. The Kier molecular flexibility index (Phi) is 6.93. The molecule has 4 heteroatoms. The van der Waals surface area contributed by atoms with Gasteiger partial charge in [-0.25, -0.2) is 0 Å². The van der Waals surface area contributed by atoms with Crippen LogP contribution in [0.2, 0.25) is 0 Å². The number of terminal acetylenes is 1. The standard InChI is InChI=1S/C14H21NO3/c1-2-11-18-14(17)10-9-13(16)15-12-7-5-3-4-6-8-12/h1,12H,3-11H2,(H,15,16). The monoisotopic (exact) mass is 251 g/mol. The van der Waals surface area contributed by atoms with E-state index in [1.807, 2.05) is 0 Å². The first-order valence-corrected chi connectivity index (χ1v) is 6.61. The fourth-order valence-corrected chi connectivity index (χ4v) is 2.13. The maximum Gasteiger partial charge on any atom is 0.307 e. The van der Waals surface area contributed by atoms with Crippen molar-refractivity contribution in [2.24, 2.45) is 0 Å². The number of hydrogen-bond acceptors (Lipinski definition) is 3. The van der Waals surface area contributed by atoms with Gasteiger partial charge in [0, 0.05) is 12.5 Å². The summed E-state index contributed by atoms with van der Waals surface area (Å²) >= 11 is 0. The fourth-order valence-electron chi connectivity index (χ4n) is 2.13. The molecule has 0 aromatic heterocycles. The molecule has 18 heavy (non-hydrogen) atoms. The molecule has 100 valence electrons. The summed E-state index contributed by atoms with van der Waals surface area (Å²) in [6, 6.07) is 0.279. The van der Waals surface area contributed by atoms with Gasteiger partial charge in [0.25, 0.3) is 0 Å². The van der Waals surface area contributed by atoms with Crippen LogP contribution in [0.3, 0.4) is 0 Å². The normalized spacial score (nSPS) is 16.4. The van der Waals surface area contributed by atoms with Crippen molar-refractivity contribution in [3.8, 4) is 12.3 Å². The number of amides is 1. The molecule has 0 aliphatic heterocycles. The molecule has 0 saturated heterocycles. The first-order chi connectivity index (χ1) is 8.72. The molecule has 1 amide bonds. The van der Waals surface area contributed by atoms with Crippen LogP contribution in [0.1, 0.15) is 51.4 Å². The van der Waals surface area contributed by atoms with Gasteiger partial charge in [0.2, 0.25) is 5.91 Å². The summed E-state index contributed by atoms with van der Waals surface area (Å²) in [6.07, 6.45) is 12.2. The smallest absolute Gasteiger partial charge is 0.307 e. The van der Waals surface area contributed by atoms with Crippen LogP contribution in [0.25, 0.3) is 0 Å². The Labute approximate surface area is 108 Å². The zero-order valence-corrected chi connectivity index (χ0v) is 10.7. The lowest BCUT2D eigenvalue weighted by atomic mass is 10.1. The van der Waals surface area contributed by atoms with Gasteiger partial charge in [0.15, 0.2) is 6.61 Å². The Hall–Kier alpha value is -1.50. The van der Waals surface area contributed by atoms with Crippen LogP contribution < -0.4 is 5.32 Å². The molecule has 0 radical (unpaired) electrons. The summed E-state index contributed by atoms with van der Waals surface area (Å²) < 4.78 is 4.70. The van der Waals surface area contributed by atoms with Crippen LogP contribution in [-0.2, 0) is 14.3 Å². The summed E-state index contributed by atoms with van der Waals surface area (Å²) in [4.78, 5) is 22.8. The topological polar surface area (TPSA) is 55.4 Å². The molecule has 0 spiro atoms. The Morgan fingerprint density at radius 2 is 1.83 bits per heavy atom. The average molecular weight is 251 g/mol. The number of carbonyl (C=O) groups is 2. The van der Waals surface area contributed by atoms with E-state index < -0.39 is 5.97 Å². The lowest BCUT2D eigenvalue weighted by Crippen LogP contribution is -2.34. The Morgan fingerprint density at radius 1 is 1.17 bits per heavy atom. The number of nitrogens with one attached hydrogen (secondary N) is 1. The van der Waals surface area contributed by atoms with Crippen molar-refractivity contribution in [3.05, 3.63) is 0 Å². The predicted molar refractivity (Wildman–Crippen MR) is 68.7 cm³/mol. The van der Waals surface area contributed by atoms with Crippen LogP contribution in [-0.4, -0.2) is 24.5 Å². The van der Waals surface area contributed by atoms with Crippen molar-refractivity contribution in [2.45, 2.75) is 57.4 Å². The highest BCUT2D eigenvalue weighted by atomic mass is 16.5. The van der Waals surface area contributed by atoms with E-state index in [0.717, 1.165) is 12.8 Å². The van der Waals surface area contributed by atoms with Gasteiger partial charge in [-0.1, -0.05) is 31.6 Å². The van der Waals surface area contributed by atoms with E-state index in [1.165, 1.54) is 25.7 Å². The first-order valence-electron chi connectivity index (χ1n) is 6.61. The maximum atomic E-state index is 11.6. The molecule has 1 rings (SSSR count). The van der Waals surface area contributed by atoms with Crippen molar-refractivity contribution in [1.82, 2.24) is 5.32 Å². The van der Waals surface area contributed by atoms with E-state index in [0.29, 0.717) is 0 Å².